The zero-order valence-electron chi connectivity index (χ0n) is 14.7. The molecule has 0 aliphatic heterocycles. The van der Waals surface area contributed by atoms with E-state index in [0.29, 0.717) is 36.4 Å². The van der Waals surface area contributed by atoms with Crippen LogP contribution in [0.5, 0.6) is 0 Å². The Balaban J connectivity index is 1.58. The molecule has 3 rings (SSSR count). The number of carbonyl (C=O) groups is 2. The number of halogens is 1. The summed E-state index contributed by atoms with van der Waals surface area (Å²) in [6.45, 7) is 2.28. The third kappa shape index (κ3) is 4.81. The highest BCUT2D eigenvalue weighted by atomic mass is 19.1. The van der Waals surface area contributed by atoms with Crippen molar-refractivity contribution in [3.8, 4) is 0 Å². The third-order valence-electron chi connectivity index (χ3n) is 3.95. The van der Waals surface area contributed by atoms with E-state index in [9.17, 15) is 14.0 Å². The highest BCUT2D eigenvalue weighted by Crippen LogP contribution is 2.21. The molecule has 3 aromatic rings. The minimum atomic E-state index is -0.596. The summed E-state index contributed by atoms with van der Waals surface area (Å²) in [4.78, 5) is 24.3. The molecule has 0 aliphatic rings. The fraction of sp³-hybridized carbons (Fsp3) is 0.211. The number of benzene rings is 1. The highest BCUT2D eigenvalue weighted by molar-refractivity contribution is 6.05. The van der Waals surface area contributed by atoms with Crippen LogP contribution in [0.4, 0.5) is 15.8 Å². The number of furan rings is 1. The van der Waals surface area contributed by atoms with Crippen LogP contribution in [0, 0.1) is 12.7 Å². The largest absolute Gasteiger partial charge is 0.469 e. The van der Waals surface area contributed by atoms with Gasteiger partial charge in [-0.2, -0.15) is 5.10 Å². The van der Waals surface area contributed by atoms with Crippen LogP contribution in [0.15, 0.2) is 53.4 Å². The lowest BCUT2D eigenvalue weighted by Gasteiger charge is -2.10. The van der Waals surface area contributed by atoms with Crippen molar-refractivity contribution in [3.05, 3.63) is 66.1 Å². The number of anilines is 2. The van der Waals surface area contributed by atoms with Crippen LogP contribution in [0.3, 0.4) is 0 Å². The zero-order chi connectivity index (χ0) is 19.2. The first-order chi connectivity index (χ1) is 13.0. The minimum Gasteiger partial charge on any atom is -0.469 e. The maximum absolute atomic E-state index is 14.0. The van der Waals surface area contributed by atoms with Crippen molar-refractivity contribution >= 4 is 23.2 Å². The quantitative estimate of drug-likeness (QED) is 0.665. The van der Waals surface area contributed by atoms with Gasteiger partial charge in [0.05, 0.1) is 17.5 Å². The molecule has 0 bridgehead atoms. The zero-order valence-corrected chi connectivity index (χ0v) is 14.7. The van der Waals surface area contributed by atoms with Gasteiger partial charge >= 0.3 is 0 Å². The van der Waals surface area contributed by atoms with Crippen molar-refractivity contribution in [2.24, 2.45) is 0 Å². The molecule has 8 heteroatoms. The molecule has 7 nitrogen and oxygen atoms in total. The van der Waals surface area contributed by atoms with Crippen molar-refractivity contribution in [1.29, 1.82) is 0 Å². The molecule has 2 N–H and O–H groups in total. The van der Waals surface area contributed by atoms with Crippen molar-refractivity contribution in [2.75, 3.05) is 10.6 Å². The van der Waals surface area contributed by atoms with E-state index in [2.05, 4.69) is 15.7 Å². The molecule has 2 aromatic heterocycles. The molecule has 0 aliphatic carbocycles. The molecule has 27 heavy (non-hydrogen) atoms. The minimum absolute atomic E-state index is 0.0186. The molecule has 0 spiro atoms. The van der Waals surface area contributed by atoms with Gasteiger partial charge in [-0.3, -0.25) is 14.3 Å². The Kier molecular flexibility index (Phi) is 5.65. The molecular formula is C19H19FN4O3. The predicted molar refractivity (Wildman–Crippen MR) is 97.9 cm³/mol. The lowest BCUT2D eigenvalue weighted by Crippen LogP contribution is -2.15. The van der Waals surface area contributed by atoms with Gasteiger partial charge in [0.25, 0.3) is 5.91 Å². The van der Waals surface area contributed by atoms with Crippen molar-refractivity contribution in [2.45, 2.75) is 26.3 Å². The van der Waals surface area contributed by atoms with Crippen LogP contribution in [-0.4, -0.2) is 21.6 Å². The number of hydrogen-bond acceptors (Lipinski definition) is 4. The van der Waals surface area contributed by atoms with Crippen LogP contribution in [-0.2, 0) is 11.3 Å². The molecule has 0 unspecified atom stereocenters. The number of carbonyl (C=O) groups excluding carboxylic acids is 2. The maximum Gasteiger partial charge on any atom is 0.259 e. The number of aromatic nitrogens is 2. The first-order valence-electron chi connectivity index (χ1n) is 8.45. The van der Waals surface area contributed by atoms with Gasteiger partial charge in [0.2, 0.25) is 5.91 Å². The molecule has 140 valence electrons. The Morgan fingerprint density at radius 3 is 2.81 bits per heavy atom. The van der Waals surface area contributed by atoms with Crippen molar-refractivity contribution in [3.63, 3.8) is 0 Å². The normalized spacial score (nSPS) is 10.6. The summed E-state index contributed by atoms with van der Waals surface area (Å²) < 4.78 is 20.8. The highest BCUT2D eigenvalue weighted by Gasteiger charge is 2.14. The lowest BCUT2D eigenvalue weighted by molar-refractivity contribution is -0.116. The monoisotopic (exact) mass is 370 g/mol. The molecular weight excluding hydrogens is 351 g/mol. The lowest BCUT2D eigenvalue weighted by atomic mass is 10.2. The molecule has 0 saturated carbocycles. The van der Waals surface area contributed by atoms with Crippen LogP contribution in [0.25, 0.3) is 0 Å². The van der Waals surface area contributed by atoms with Crippen LogP contribution in [0.2, 0.25) is 0 Å². The molecule has 2 amide bonds. The van der Waals surface area contributed by atoms with E-state index in [4.69, 9.17) is 4.42 Å². The SMILES string of the molecule is Cc1occc1C(=O)Nc1cc(NC(=O)CCCn2cccn2)ccc1F. The first-order valence-corrected chi connectivity index (χ1v) is 8.45. The number of hydrogen-bond donors (Lipinski definition) is 2. The van der Waals surface area contributed by atoms with Crippen LogP contribution >= 0.6 is 0 Å². The Morgan fingerprint density at radius 2 is 2.11 bits per heavy atom. The summed E-state index contributed by atoms with van der Waals surface area (Å²) in [5.74, 6) is -0.838. The van der Waals surface area contributed by atoms with Gasteiger partial charge in [-0.15, -0.1) is 0 Å². The second-order valence-corrected chi connectivity index (χ2v) is 5.96. The summed E-state index contributed by atoms with van der Waals surface area (Å²) in [5.41, 5.74) is 0.706. The summed E-state index contributed by atoms with van der Waals surface area (Å²) in [5, 5.41) is 9.27. The Morgan fingerprint density at radius 1 is 1.26 bits per heavy atom. The second-order valence-electron chi connectivity index (χ2n) is 5.96. The van der Waals surface area contributed by atoms with Gasteiger partial charge in [0.15, 0.2) is 0 Å². The van der Waals surface area contributed by atoms with Crippen LogP contribution < -0.4 is 10.6 Å². The molecule has 1 aromatic carbocycles. The Labute approximate surface area is 155 Å². The van der Waals surface area contributed by atoms with Gasteiger partial charge in [0.1, 0.15) is 11.6 Å². The summed E-state index contributed by atoms with van der Waals surface area (Å²) in [7, 11) is 0. The van der Waals surface area contributed by atoms with Crippen molar-refractivity contribution < 1.29 is 18.4 Å². The summed E-state index contributed by atoms with van der Waals surface area (Å²) in [6.07, 6.45) is 5.82. The fourth-order valence-electron chi connectivity index (χ4n) is 2.57. The van der Waals surface area contributed by atoms with Gasteiger partial charge in [-0.1, -0.05) is 0 Å². The number of nitrogens with one attached hydrogen (secondary N) is 2. The molecule has 0 atom stereocenters. The fourth-order valence-corrected chi connectivity index (χ4v) is 2.57. The molecule has 0 saturated heterocycles. The molecule has 0 fully saturated rings. The van der Waals surface area contributed by atoms with Gasteiger partial charge < -0.3 is 15.1 Å². The Hall–Kier alpha value is -3.42. The summed E-state index contributed by atoms with van der Waals surface area (Å²) in [6, 6.07) is 7.35. The Bertz CT molecular complexity index is 934. The number of aryl methyl sites for hydroxylation is 2. The smallest absolute Gasteiger partial charge is 0.259 e. The number of nitrogens with zero attached hydrogens (tertiary/aromatic N) is 2. The van der Waals surface area contributed by atoms with Gasteiger partial charge in [-0.25, -0.2) is 4.39 Å². The van der Waals surface area contributed by atoms with E-state index in [0.717, 1.165) is 0 Å². The predicted octanol–water partition coefficient (Wildman–Crippen LogP) is 3.59. The first kappa shape index (κ1) is 18.4. The van der Waals surface area contributed by atoms with Crippen LogP contribution in [0.1, 0.15) is 29.0 Å². The average Bonchev–Trinajstić information content (AvgIpc) is 3.29. The maximum atomic E-state index is 14.0. The van der Waals surface area contributed by atoms with E-state index < -0.39 is 11.7 Å². The summed E-state index contributed by atoms with van der Waals surface area (Å²) >= 11 is 0. The van der Waals surface area contributed by atoms with Gasteiger partial charge in [-0.05, 0) is 43.7 Å². The van der Waals surface area contributed by atoms with Gasteiger partial charge in [0, 0.05) is 31.0 Å². The number of amides is 2. The standard InChI is InChI=1S/C19H19FN4O3/c1-13-15(7-11-27-13)19(26)23-17-12-14(5-6-16(17)20)22-18(25)4-2-9-24-10-3-8-21-24/h3,5-8,10-12H,2,4,9H2,1H3,(H,22,25)(H,23,26). The van der Waals surface area contributed by atoms with Crippen molar-refractivity contribution in [1.82, 2.24) is 9.78 Å². The van der Waals surface area contributed by atoms with E-state index >= 15 is 0 Å². The van der Waals surface area contributed by atoms with E-state index in [1.807, 2.05) is 12.3 Å². The molecule has 2 heterocycles. The average molecular weight is 370 g/mol. The molecule has 0 radical (unpaired) electrons. The third-order valence-corrected chi connectivity index (χ3v) is 3.95. The second kappa shape index (κ2) is 8.31. The van der Waals surface area contributed by atoms with E-state index in [-0.39, 0.29) is 11.6 Å². The number of rotatable bonds is 7. The topological polar surface area (TPSA) is 89.2 Å². The van der Waals surface area contributed by atoms with E-state index in [1.54, 1.807) is 17.8 Å². The van der Waals surface area contributed by atoms with E-state index in [1.165, 1.54) is 30.5 Å².